The first-order valence-electron chi connectivity index (χ1n) is 3.85. The van der Waals surface area contributed by atoms with Gasteiger partial charge >= 0.3 is 5.97 Å². The quantitative estimate of drug-likeness (QED) is 0.697. The maximum Gasteiger partial charge on any atom is 0.336 e. The maximum atomic E-state index is 10.7. The van der Waals surface area contributed by atoms with E-state index in [9.17, 15) is 9.59 Å². The number of aryl methyl sites for hydroxylation is 1. The van der Waals surface area contributed by atoms with E-state index in [-0.39, 0.29) is 5.56 Å². The Kier molecular flexibility index (Phi) is 3.14. The number of hydrogen-bond donors (Lipinski definition) is 1. The van der Waals surface area contributed by atoms with Crippen LogP contribution >= 0.6 is 0 Å². The second kappa shape index (κ2) is 4.35. The van der Waals surface area contributed by atoms with Crippen LogP contribution in [0.25, 0.3) is 0 Å². The lowest BCUT2D eigenvalue weighted by atomic mass is 10.1. The smallest absolute Gasteiger partial charge is 0.336 e. The lowest BCUT2D eigenvalue weighted by molar-refractivity contribution is -0.107. The van der Waals surface area contributed by atoms with E-state index < -0.39 is 5.97 Å². The van der Waals surface area contributed by atoms with Gasteiger partial charge < -0.3 is 9.90 Å². The second-order valence-corrected chi connectivity index (χ2v) is 2.54. The monoisotopic (exact) mass is 179 g/mol. The summed E-state index contributed by atoms with van der Waals surface area (Å²) >= 11 is 0. The number of hydrogen-bond acceptors (Lipinski definition) is 3. The van der Waals surface area contributed by atoms with Crippen molar-refractivity contribution in [1.82, 2.24) is 4.98 Å². The number of carboxylic acid groups (broad SMARTS) is 1. The number of nitrogens with zero attached hydrogens (tertiary/aromatic N) is 1. The summed E-state index contributed by atoms with van der Waals surface area (Å²) < 4.78 is 0. The van der Waals surface area contributed by atoms with Crippen molar-refractivity contribution >= 4 is 12.3 Å². The lowest BCUT2D eigenvalue weighted by Crippen LogP contribution is -2.03. The molecule has 0 atom stereocenters. The number of carbonyl (C=O) groups excluding carboxylic acids is 1. The fourth-order valence-electron chi connectivity index (χ4n) is 1.05. The lowest BCUT2D eigenvalue weighted by Gasteiger charge is -2.01. The maximum absolute atomic E-state index is 10.7. The molecular weight excluding hydrogens is 170 g/mol. The van der Waals surface area contributed by atoms with Crippen LogP contribution < -0.4 is 0 Å². The van der Waals surface area contributed by atoms with Crippen molar-refractivity contribution in [3.05, 3.63) is 29.6 Å². The average molecular weight is 179 g/mol. The average Bonchev–Trinajstić information content (AvgIpc) is 2.15. The molecule has 0 saturated carbocycles. The van der Waals surface area contributed by atoms with Crippen LogP contribution in [-0.4, -0.2) is 22.3 Å². The standard InChI is InChI=1S/C9H9NO3/c11-5-1-2-7-6-10-4-3-8(7)9(12)13/h3-6H,1-2H2,(H,12,13). The number of pyridine rings is 1. The minimum Gasteiger partial charge on any atom is -0.478 e. The zero-order chi connectivity index (χ0) is 9.68. The van der Waals surface area contributed by atoms with E-state index in [4.69, 9.17) is 5.11 Å². The number of aromatic carboxylic acids is 1. The van der Waals surface area contributed by atoms with Crippen LogP contribution in [0.3, 0.4) is 0 Å². The summed E-state index contributed by atoms with van der Waals surface area (Å²) in [7, 11) is 0. The zero-order valence-corrected chi connectivity index (χ0v) is 6.93. The van der Waals surface area contributed by atoms with E-state index in [1.54, 1.807) is 0 Å². The largest absolute Gasteiger partial charge is 0.478 e. The molecule has 4 nitrogen and oxygen atoms in total. The molecule has 0 unspecified atom stereocenters. The second-order valence-electron chi connectivity index (χ2n) is 2.54. The molecule has 4 heteroatoms. The van der Waals surface area contributed by atoms with E-state index in [2.05, 4.69) is 4.98 Å². The summed E-state index contributed by atoms with van der Waals surface area (Å²) in [6.07, 6.45) is 4.42. The minimum atomic E-state index is -0.983. The molecule has 1 heterocycles. The molecule has 0 aliphatic rings. The van der Waals surface area contributed by atoms with Gasteiger partial charge in [-0.2, -0.15) is 0 Å². The van der Waals surface area contributed by atoms with Crippen molar-refractivity contribution in [2.75, 3.05) is 0 Å². The third-order valence-electron chi connectivity index (χ3n) is 1.67. The van der Waals surface area contributed by atoms with Crippen molar-refractivity contribution in [3.63, 3.8) is 0 Å². The third kappa shape index (κ3) is 2.37. The number of carboxylic acids is 1. The summed E-state index contributed by atoms with van der Waals surface area (Å²) in [6.45, 7) is 0. The Morgan fingerprint density at radius 2 is 2.38 bits per heavy atom. The topological polar surface area (TPSA) is 67.3 Å². The van der Waals surface area contributed by atoms with Crippen molar-refractivity contribution in [2.24, 2.45) is 0 Å². The highest BCUT2D eigenvalue weighted by molar-refractivity contribution is 5.89. The number of aldehydes is 1. The van der Waals surface area contributed by atoms with Gasteiger partial charge in [0.15, 0.2) is 0 Å². The predicted molar refractivity (Wildman–Crippen MR) is 45.6 cm³/mol. The van der Waals surface area contributed by atoms with Crippen LogP contribution in [0.15, 0.2) is 18.5 Å². The molecule has 0 saturated heterocycles. The molecule has 0 fully saturated rings. The first-order valence-corrected chi connectivity index (χ1v) is 3.85. The van der Waals surface area contributed by atoms with Gasteiger partial charge in [-0.15, -0.1) is 0 Å². The van der Waals surface area contributed by atoms with Crippen molar-refractivity contribution < 1.29 is 14.7 Å². The van der Waals surface area contributed by atoms with Gasteiger partial charge in [0.1, 0.15) is 6.29 Å². The van der Waals surface area contributed by atoms with Gasteiger partial charge in [0.05, 0.1) is 5.56 Å². The van der Waals surface area contributed by atoms with Crippen molar-refractivity contribution in [2.45, 2.75) is 12.8 Å². The van der Waals surface area contributed by atoms with Crippen LogP contribution in [0, 0.1) is 0 Å². The molecule has 1 N–H and O–H groups in total. The Hall–Kier alpha value is -1.71. The summed E-state index contributed by atoms with van der Waals surface area (Å²) in [6, 6.07) is 1.43. The number of rotatable bonds is 4. The molecule has 0 aliphatic heterocycles. The van der Waals surface area contributed by atoms with Crippen molar-refractivity contribution in [1.29, 1.82) is 0 Å². The molecule has 0 radical (unpaired) electrons. The molecular formula is C9H9NO3. The van der Waals surface area contributed by atoms with Crippen LogP contribution in [0.4, 0.5) is 0 Å². The highest BCUT2D eigenvalue weighted by Gasteiger charge is 2.08. The van der Waals surface area contributed by atoms with E-state index >= 15 is 0 Å². The van der Waals surface area contributed by atoms with E-state index in [1.807, 2.05) is 0 Å². The van der Waals surface area contributed by atoms with Crippen LogP contribution in [0.1, 0.15) is 22.3 Å². The first-order chi connectivity index (χ1) is 6.25. The summed E-state index contributed by atoms with van der Waals surface area (Å²) in [5, 5.41) is 8.75. The minimum absolute atomic E-state index is 0.219. The molecule has 0 aromatic carbocycles. The molecule has 0 spiro atoms. The van der Waals surface area contributed by atoms with Gasteiger partial charge in [0.2, 0.25) is 0 Å². The molecule has 1 rings (SSSR count). The van der Waals surface area contributed by atoms with Gasteiger partial charge in [-0.25, -0.2) is 4.79 Å². The molecule has 1 aromatic rings. The highest BCUT2D eigenvalue weighted by atomic mass is 16.4. The van der Waals surface area contributed by atoms with Gasteiger partial charge in [0.25, 0.3) is 0 Å². The van der Waals surface area contributed by atoms with Gasteiger partial charge in [-0.1, -0.05) is 0 Å². The first kappa shape index (κ1) is 9.38. The number of carbonyl (C=O) groups is 2. The predicted octanol–water partition coefficient (Wildman–Crippen LogP) is 0.911. The summed E-state index contributed by atoms with van der Waals surface area (Å²) in [4.78, 5) is 24.6. The van der Waals surface area contributed by atoms with Gasteiger partial charge in [-0.3, -0.25) is 4.98 Å². The third-order valence-corrected chi connectivity index (χ3v) is 1.67. The Bertz CT molecular complexity index is 322. The number of aromatic nitrogens is 1. The summed E-state index contributed by atoms with van der Waals surface area (Å²) in [5.41, 5.74) is 0.818. The van der Waals surface area contributed by atoms with Gasteiger partial charge in [0, 0.05) is 18.8 Å². The van der Waals surface area contributed by atoms with Gasteiger partial charge in [-0.05, 0) is 18.1 Å². The Morgan fingerprint density at radius 3 is 3.00 bits per heavy atom. The molecule has 0 bridgehead atoms. The van der Waals surface area contributed by atoms with Crippen molar-refractivity contribution in [3.8, 4) is 0 Å². The zero-order valence-electron chi connectivity index (χ0n) is 6.93. The van der Waals surface area contributed by atoms with Crippen LogP contribution in [-0.2, 0) is 11.2 Å². The molecule has 1 aromatic heterocycles. The van der Waals surface area contributed by atoms with Crippen LogP contribution in [0.5, 0.6) is 0 Å². The molecule has 0 amide bonds. The molecule has 13 heavy (non-hydrogen) atoms. The fraction of sp³-hybridized carbons (Fsp3) is 0.222. The van der Waals surface area contributed by atoms with E-state index in [0.29, 0.717) is 18.4 Å². The van der Waals surface area contributed by atoms with E-state index in [1.165, 1.54) is 18.5 Å². The molecule has 68 valence electrons. The Balaban J connectivity index is 2.90. The normalized spacial score (nSPS) is 9.54. The van der Waals surface area contributed by atoms with Crippen LogP contribution in [0.2, 0.25) is 0 Å². The Morgan fingerprint density at radius 1 is 1.62 bits per heavy atom. The summed E-state index contributed by atoms with van der Waals surface area (Å²) in [5.74, 6) is -0.983. The SMILES string of the molecule is O=CCCc1cnccc1C(=O)O. The highest BCUT2D eigenvalue weighted by Crippen LogP contribution is 2.08. The molecule has 0 aliphatic carbocycles. The van der Waals surface area contributed by atoms with E-state index in [0.717, 1.165) is 6.29 Å². The fourth-order valence-corrected chi connectivity index (χ4v) is 1.05. The Labute approximate surface area is 75.2 Å².